The first-order valence-electron chi connectivity index (χ1n) is 4.67. The van der Waals surface area contributed by atoms with Gasteiger partial charge in [0.05, 0.1) is 24.8 Å². The molecule has 0 heterocycles. The Morgan fingerprint density at radius 1 is 1.39 bits per heavy atom. The zero-order chi connectivity index (χ0) is 13.9. The number of benzene rings is 1. The van der Waals surface area contributed by atoms with Crippen LogP contribution in [0.5, 0.6) is 0 Å². The molecule has 18 heavy (non-hydrogen) atoms. The predicted octanol–water partition coefficient (Wildman–Crippen LogP) is 3.38. The van der Waals surface area contributed by atoms with Crippen molar-refractivity contribution in [1.82, 2.24) is 0 Å². The Morgan fingerprint density at radius 3 is 2.44 bits per heavy atom. The van der Waals surface area contributed by atoms with Crippen LogP contribution in [0.25, 0.3) is 10.5 Å². The van der Waals surface area contributed by atoms with E-state index in [0.717, 1.165) is 19.2 Å². The fourth-order valence-electron chi connectivity index (χ4n) is 1.31. The third-order valence-corrected chi connectivity index (χ3v) is 2.20. The van der Waals surface area contributed by atoms with Crippen LogP contribution in [0.2, 0.25) is 0 Å². The summed E-state index contributed by atoms with van der Waals surface area (Å²) in [4.78, 5) is 14.3. The fourth-order valence-corrected chi connectivity index (χ4v) is 1.31. The summed E-state index contributed by atoms with van der Waals surface area (Å²) in [5.41, 5.74) is -1.49. The van der Waals surface area contributed by atoms with Crippen LogP contribution in [0.4, 0.5) is 13.2 Å². The van der Waals surface area contributed by atoms with Crippen molar-refractivity contribution in [1.29, 1.82) is 0 Å². The molecule has 0 aliphatic heterocycles. The summed E-state index contributed by atoms with van der Waals surface area (Å²) >= 11 is 0. The van der Waals surface area contributed by atoms with Gasteiger partial charge in [0.25, 0.3) is 0 Å². The first-order chi connectivity index (χ1) is 8.31. The normalized spacial score (nSPS) is 10.6. The molecule has 1 aromatic rings. The van der Waals surface area contributed by atoms with Crippen LogP contribution in [0, 0.1) is 6.57 Å². The Hall–Kier alpha value is -2.29. The molecule has 0 aliphatic rings. The van der Waals surface area contributed by atoms with E-state index < -0.39 is 17.7 Å². The topological polar surface area (TPSA) is 30.7 Å². The average molecular weight is 255 g/mol. The second kappa shape index (κ2) is 4.92. The third kappa shape index (κ3) is 2.69. The summed E-state index contributed by atoms with van der Waals surface area (Å²) in [6.45, 7) is 10.1. The number of alkyl halides is 3. The number of esters is 1. The van der Waals surface area contributed by atoms with Crippen molar-refractivity contribution >= 4 is 11.7 Å². The van der Waals surface area contributed by atoms with Gasteiger partial charge in [0.1, 0.15) is 0 Å². The summed E-state index contributed by atoms with van der Waals surface area (Å²) in [7, 11) is 1.10. The van der Waals surface area contributed by atoms with Crippen molar-refractivity contribution in [3.8, 4) is 0 Å². The molecule has 0 spiro atoms. The monoisotopic (exact) mass is 255 g/mol. The van der Waals surface area contributed by atoms with Crippen molar-refractivity contribution in [3.63, 3.8) is 0 Å². The molecule has 1 rings (SSSR count). The van der Waals surface area contributed by atoms with E-state index in [1.54, 1.807) is 0 Å². The van der Waals surface area contributed by atoms with Gasteiger partial charge in [-0.15, -0.1) is 0 Å². The highest BCUT2D eigenvalue weighted by molar-refractivity contribution is 5.96. The molecule has 1 aromatic carbocycles. The molecule has 0 aromatic heterocycles. The van der Waals surface area contributed by atoms with E-state index in [0.29, 0.717) is 6.07 Å². The van der Waals surface area contributed by atoms with E-state index >= 15 is 0 Å². The highest BCUT2D eigenvalue weighted by atomic mass is 19.4. The lowest BCUT2D eigenvalue weighted by Gasteiger charge is -2.11. The molecule has 3 nitrogen and oxygen atoms in total. The minimum atomic E-state index is -4.55. The molecule has 0 radical (unpaired) electrons. The van der Waals surface area contributed by atoms with Gasteiger partial charge >= 0.3 is 12.1 Å². The summed E-state index contributed by atoms with van der Waals surface area (Å²) in [6.07, 6.45) is -4.55. The SMILES string of the molecule is [C-]#[N+]C(=C)c1cc(C(F)(F)F)ccc1C(=O)OC. The van der Waals surface area contributed by atoms with Gasteiger partial charge in [-0.2, -0.15) is 13.2 Å². The van der Waals surface area contributed by atoms with Crippen molar-refractivity contribution in [2.24, 2.45) is 0 Å². The predicted molar refractivity (Wildman–Crippen MR) is 58.4 cm³/mol. The van der Waals surface area contributed by atoms with Crippen LogP contribution in [0.1, 0.15) is 21.5 Å². The maximum Gasteiger partial charge on any atom is 0.416 e. The van der Waals surface area contributed by atoms with E-state index in [2.05, 4.69) is 16.2 Å². The van der Waals surface area contributed by atoms with Crippen molar-refractivity contribution in [3.05, 3.63) is 52.9 Å². The fraction of sp³-hybridized carbons (Fsp3) is 0.167. The molecular formula is C12H8F3NO2. The maximum atomic E-state index is 12.5. The molecule has 0 N–H and O–H groups in total. The van der Waals surface area contributed by atoms with Crippen LogP contribution in [-0.4, -0.2) is 13.1 Å². The van der Waals surface area contributed by atoms with E-state index in [4.69, 9.17) is 6.57 Å². The van der Waals surface area contributed by atoms with Crippen LogP contribution >= 0.6 is 0 Å². The number of hydrogen-bond acceptors (Lipinski definition) is 2. The number of carbonyl (C=O) groups excluding carboxylic acids is 1. The molecule has 6 heteroatoms. The number of hydrogen-bond donors (Lipinski definition) is 0. The van der Waals surface area contributed by atoms with Crippen LogP contribution in [0.3, 0.4) is 0 Å². The van der Waals surface area contributed by atoms with Gasteiger partial charge in [-0.3, -0.25) is 0 Å². The molecule has 0 saturated carbocycles. The van der Waals surface area contributed by atoms with Crippen LogP contribution < -0.4 is 0 Å². The summed E-state index contributed by atoms with van der Waals surface area (Å²) < 4.78 is 42.0. The van der Waals surface area contributed by atoms with Gasteiger partial charge in [0, 0.05) is 0 Å². The molecule has 0 aliphatic carbocycles. The molecule has 0 saturated heterocycles. The molecule has 0 bridgehead atoms. The Balaban J connectivity index is 3.45. The van der Waals surface area contributed by atoms with Gasteiger partial charge in [0.15, 0.2) is 5.70 Å². The lowest BCUT2D eigenvalue weighted by atomic mass is 10.0. The Bertz CT molecular complexity index is 541. The number of methoxy groups -OCH3 is 1. The Morgan fingerprint density at radius 2 is 2.00 bits per heavy atom. The summed E-state index contributed by atoms with van der Waals surface area (Å²) in [5.74, 6) is -0.816. The molecule has 0 amide bonds. The second-order valence-electron chi connectivity index (χ2n) is 3.31. The summed E-state index contributed by atoms with van der Waals surface area (Å²) in [6, 6.07) is 2.44. The Kier molecular flexibility index (Phi) is 3.76. The average Bonchev–Trinajstić information content (AvgIpc) is 2.35. The van der Waals surface area contributed by atoms with Crippen molar-refractivity contribution < 1.29 is 22.7 Å². The highest BCUT2D eigenvalue weighted by Gasteiger charge is 2.31. The minimum Gasteiger partial charge on any atom is -0.465 e. The maximum absolute atomic E-state index is 12.5. The van der Waals surface area contributed by atoms with Crippen molar-refractivity contribution in [2.75, 3.05) is 7.11 Å². The van der Waals surface area contributed by atoms with E-state index in [-0.39, 0.29) is 16.8 Å². The number of rotatable bonds is 2. The molecule has 0 unspecified atom stereocenters. The number of carbonyl (C=O) groups is 1. The van der Waals surface area contributed by atoms with Gasteiger partial charge < -0.3 is 4.74 Å². The van der Waals surface area contributed by atoms with Crippen LogP contribution in [-0.2, 0) is 10.9 Å². The molecule has 0 fully saturated rings. The summed E-state index contributed by atoms with van der Waals surface area (Å²) in [5, 5.41) is 0. The van der Waals surface area contributed by atoms with Gasteiger partial charge in [-0.1, -0.05) is 12.6 Å². The first kappa shape index (κ1) is 13.8. The smallest absolute Gasteiger partial charge is 0.416 e. The van der Waals surface area contributed by atoms with E-state index in [9.17, 15) is 18.0 Å². The van der Waals surface area contributed by atoms with Crippen LogP contribution in [0.15, 0.2) is 24.8 Å². The van der Waals surface area contributed by atoms with Gasteiger partial charge in [0.2, 0.25) is 0 Å². The lowest BCUT2D eigenvalue weighted by Crippen LogP contribution is -2.09. The second-order valence-corrected chi connectivity index (χ2v) is 3.31. The van der Waals surface area contributed by atoms with Crippen molar-refractivity contribution in [2.45, 2.75) is 6.18 Å². The molecule has 94 valence electrons. The zero-order valence-corrected chi connectivity index (χ0v) is 9.34. The lowest BCUT2D eigenvalue weighted by molar-refractivity contribution is -0.137. The van der Waals surface area contributed by atoms with E-state index in [1.165, 1.54) is 0 Å². The highest BCUT2D eigenvalue weighted by Crippen LogP contribution is 2.32. The molecule has 0 atom stereocenters. The molecular weight excluding hydrogens is 247 g/mol. The first-order valence-corrected chi connectivity index (χ1v) is 4.67. The van der Waals surface area contributed by atoms with Gasteiger partial charge in [-0.05, 0) is 17.7 Å². The third-order valence-electron chi connectivity index (χ3n) is 2.20. The number of ether oxygens (including phenoxy) is 1. The number of nitrogens with zero attached hydrogens (tertiary/aromatic N) is 1. The van der Waals surface area contributed by atoms with Gasteiger partial charge in [-0.25, -0.2) is 9.64 Å². The van der Waals surface area contributed by atoms with E-state index in [1.807, 2.05) is 0 Å². The zero-order valence-electron chi connectivity index (χ0n) is 9.34. The quantitative estimate of drug-likeness (QED) is 0.599. The standard InChI is InChI=1S/C12H8F3NO2/c1-7(16-2)10-6-8(12(13,14)15)4-5-9(10)11(17)18-3/h4-6H,1H2,3H3. The Labute approximate surface area is 101 Å². The number of halogens is 3. The largest absolute Gasteiger partial charge is 0.465 e. The minimum absolute atomic E-state index is 0.119.